The van der Waals surface area contributed by atoms with Gasteiger partial charge in [-0.2, -0.15) is 0 Å². The first-order valence-corrected chi connectivity index (χ1v) is 12.8. The monoisotopic (exact) mass is 489 g/mol. The van der Waals surface area contributed by atoms with E-state index < -0.39 is 0 Å². The fourth-order valence-corrected chi connectivity index (χ4v) is 4.42. The molecule has 0 saturated carbocycles. The Morgan fingerprint density at radius 1 is 0.743 bits per heavy atom. The van der Waals surface area contributed by atoms with E-state index in [9.17, 15) is 0 Å². The van der Waals surface area contributed by atoms with Gasteiger partial charge in [-0.3, -0.25) is 4.57 Å². The van der Waals surface area contributed by atoms with Crippen LogP contribution < -0.4 is 14.2 Å². The van der Waals surface area contributed by atoms with Crippen LogP contribution in [0.3, 0.4) is 0 Å². The van der Waals surface area contributed by atoms with Crippen LogP contribution in [0.4, 0.5) is 0 Å². The van der Waals surface area contributed by atoms with Gasteiger partial charge in [-0.25, -0.2) is 0 Å². The summed E-state index contributed by atoms with van der Waals surface area (Å²) in [5.41, 5.74) is 3.21. The summed E-state index contributed by atoms with van der Waals surface area (Å²) in [6.07, 6.45) is 0.989. The maximum absolute atomic E-state index is 6.18. The highest BCUT2D eigenvalue weighted by atomic mass is 32.2. The molecule has 35 heavy (non-hydrogen) atoms. The molecule has 0 spiro atoms. The van der Waals surface area contributed by atoms with Gasteiger partial charge in [-0.05, 0) is 67.8 Å². The van der Waals surface area contributed by atoms with Gasteiger partial charge >= 0.3 is 0 Å². The quantitative estimate of drug-likeness (QED) is 0.169. The van der Waals surface area contributed by atoms with Crippen LogP contribution in [0, 0.1) is 13.8 Å². The predicted molar refractivity (Wildman–Crippen MR) is 140 cm³/mol. The number of benzene rings is 3. The number of aromatic nitrogens is 3. The molecule has 0 aliphatic carbocycles. The summed E-state index contributed by atoms with van der Waals surface area (Å²) >= 11 is 1.61. The fraction of sp³-hybridized carbons (Fsp3) is 0.286. The van der Waals surface area contributed by atoms with E-state index in [1.54, 1.807) is 11.8 Å². The Labute approximate surface area is 211 Å². The standard InChI is InChI=1S/C28H31N3O3S/c1-4-17-32-24-13-15-25(16-14-24)33-18-19-35-28-30-29-26(31(28)23-11-6-5-7-12-23)20-34-27-21(2)9-8-10-22(27)3/h5-16H,4,17-20H2,1-3H3. The highest BCUT2D eigenvalue weighted by Crippen LogP contribution is 2.26. The molecule has 0 saturated heterocycles. The topological polar surface area (TPSA) is 58.4 Å². The van der Waals surface area contributed by atoms with E-state index in [0.717, 1.165) is 63.8 Å². The van der Waals surface area contributed by atoms with Crippen LogP contribution in [0.5, 0.6) is 17.2 Å². The minimum absolute atomic E-state index is 0.330. The highest BCUT2D eigenvalue weighted by Gasteiger charge is 2.16. The summed E-state index contributed by atoms with van der Waals surface area (Å²) in [5, 5.41) is 9.72. The molecule has 0 atom stereocenters. The number of ether oxygens (including phenoxy) is 3. The first-order valence-electron chi connectivity index (χ1n) is 11.8. The Hall–Kier alpha value is -3.45. The van der Waals surface area contributed by atoms with Crippen molar-refractivity contribution >= 4 is 11.8 Å². The van der Waals surface area contributed by atoms with Crippen LogP contribution in [-0.4, -0.2) is 33.7 Å². The zero-order valence-corrected chi connectivity index (χ0v) is 21.3. The molecule has 0 aliphatic rings. The van der Waals surface area contributed by atoms with E-state index in [1.165, 1.54) is 0 Å². The number of nitrogens with zero attached hydrogens (tertiary/aromatic N) is 3. The number of hydrogen-bond donors (Lipinski definition) is 0. The number of thioether (sulfide) groups is 1. The second-order valence-electron chi connectivity index (χ2n) is 8.10. The number of rotatable bonds is 12. The number of aryl methyl sites for hydroxylation is 2. The van der Waals surface area contributed by atoms with Crippen LogP contribution in [-0.2, 0) is 6.61 Å². The summed E-state index contributed by atoms with van der Waals surface area (Å²) < 4.78 is 19.8. The summed E-state index contributed by atoms with van der Waals surface area (Å²) in [6, 6.07) is 24.0. The Kier molecular flexibility index (Phi) is 8.68. The van der Waals surface area contributed by atoms with Crippen molar-refractivity contribution in [3.63, 3.8) is 0 Å². The molecule has 0 bridgehead atoms. The largest absolute Gasteiger partial charge is 0.494 e. The molecule has 6 nitrogen and oxygen atoms in total. The second-order valence-corrected chi connectivity index (χ2v) is 9.16. The number of para-hydroxylation sites is 2. The van der Waals surface area contributed by atoms with Gasteiger partial charge in [-0.1, -0.05) is 55.1 Å². The van der Waals surface area contributed by atoms with Gasteiger partial charge in [0.2, 0.25) is 0 Å². The van der Waals surface area contributed by atoms with Crippen LogP contribution in [0.1, 0.15) is 30.3 Å². The molecule has 1 aromatic heterocycles. The molecular formula is C28H31N3O3S. The average molecular weight is 490 g/mol. The molecule has 0 fully saturated rings. The van der Waals surface area contributed by atoms with Gasteiger partial charge in [0.25, 0.3) is 0 Å². The molecule has 0 aliphatic heterocycles. The predicted octanol–water partition coefficient (Wildman–Crippen LogP) is 6.42. The second kappa shape index (κ2) is 12.3. The Morgan fingerprint density at radius 2 is 1.40 bits per heavy atom. The van der Waals surface area contributed by atoms with E-state index in [1.807, 2.05) is 48.5 Å². The van der Waals surface area contributed by atoms with Gasteiger partial charge < -0.3 is 14.2 Å². The zero-order valence-electron chi connectivity index (χ0n) is 20.4. The third-order valence-corrected chi connectivity index (χ3v) is 6.24. The molecule has 1 heterocycles. The van der Waals surface area contributed by atoms with Gasteiger partial charge in [0.15, 0.2) is 11.0 Å². The minimum Gasteiger partial charge on any atom is -0.494 e. The van der Waals surface area contributed by atoms with Crippen molar-refractivity contribution in [2.24, 2.45) is 0 Å². The molecule has 0 amide bonds. The third kappa shape index (κ3) is 6.57. The van der Waals surface area contributed by atoms with Crippen LogP contribution in [0.25, 0.3) is 5.69 Å². The SMILES string of the molecule is CCCOc1ccc(OCCSc2nnc(COc3c(C)cccc3C)n2-c2ccccc2)cc1. The molecule has 182 valence electrons. The zero-order chi connectivity index (χ0) is 24.5. The molecule has 7 heteroatoms. The lowest BCUT2D eigenvalue weighted by Gasteiger charge is -2.14. The van der Waals surface area contributed by atoms with Crippen molar-refractivity contribution in [1.29, 1.82) is 0 Å². The molecular weight excluding hydrogens is 458 g/mol. The van der Waals surface area contributed by atoms with E-state index in [-0.39, 0.29) is 0 Å². The first-order chi connectivity index (χ1) is 17.2. The lowest BCUT2D eigenvalue weighted by Crippen LogP contribution is -2.08. The maximum Gasteiger partial charge on any atom is 0.196 e. The van der Waals surface area contributed by atoms with E-state index in [2.05, 4.69) is 59.8 Å². The van der Waals surface area contributed by atoms with Crippen LogP contribution >= 0.6 is 11.8 Å². The Bertz CT molecular complexity index is 1190. The molecule has 4 rings (SSSR count). The van der Waals surface area contributed by atoms with Crippen molar-refractivity contribution in [3.05, 3.63) is 89.7 Å². The third-order valence-electron chi connectivity index (χ3n) is 5.35. The Morgan fingerprint density at radius 3 is 2.06 bits per heavy atom. The van der Waals surface area contributed by atoms with Crippen molar-refractivity contribution in [2.75, 3.05) is 19.0 Å². The Balaban J connectivity index is 1.40. The summed E-state index contributed by atoms with van der Waals surface area (Å²) in [6.45, 7) is 7.80. The lowest BCUT2D eigenvalue weighted by molar-refractivity contribution is 0.289. The van der Waals surface area contributed by atoms with E-state index in [4.69, 9.17) is 14.2 Å². The summed E-state index contributed by atoms with van der Waals surface area (Å²) in [7, 11) is 0. The maximum atomic E-state index is 6.18. The summed E-state index contributed by atoms with van der Waals surface area (Å²) in [4.78, 5) is 0. The van der Waals surface area contributed by atoms with Crippen molar-refractivity contribution in [1.82, 2.24) is 14.8 Å². The van der Waals surface area contributed by atoms with Crippen molar-refractivity contribution in [2.45, 2.75) is 39.0 Å². The van der Waals surface area contributed by atoms with Gasteiger partial charge in [-0.15, -0.1) is 10.2 Å². The average Bonchev–Trinajstić information content (AvgIpc) is 3.29. The lowest BCUT2D eigenvalue weighted by atomic mass is 10.1. The van der Waals surface area contributed by atoms with Gasteiger partial charge in [0.05, 0.1) is 13.2 Å². The molecule has 0 radical (unpaired) electrons. The van der Waals surface area contributed by atoms with Gasteiger partial charge in [0.1, 0.15) is 23.9 Å². The minimum atomic E-state index is 0.330. The van der Waals surface area contributed by atoms with Crippen molar-refractivity contribution in [3.8, 4) is 22.9 Å². The van der Waals surface area contributed by atoms with Crippen LogP contribution in [0.15, 0.2) is 78.0 Å². The van der Waals surface area contributed by atoms with Crippen LogP contribution in [0.2, 0.25) is 0 Å². The highest BCUT2D eigenvalue weighted by molar-refractivity contribution is 7.99. The van der Waals surface area contributed by atoms with E-state index in [0.29, 0.717) is 13.2 Å². The smallest absolute Gasteiger partial charge is 0.196 e. The summed E-state index contributed by atoms with van der Waals surface area (Å²) in [5.74, 6) is 4.06. The van der Waals surface area contributed by atoms with Gasteiger partial charge in [0, 0.05) is 11.4 Å². The van der Waals surface area contributed by atoms with Crippen molar-refractivity contribution < 1.29 is 14.2 Å². The molecule has 0 unspecified atom stereocenters. The first kappa shape index (κ1) is 24.7. The fourth-order valence-electron chi connectivity index (χ4n) is 3.63. The molecule has 0 N–H and O–H groups in total. The molecule has 3 aromatic carbocycles. The number of hydrogen-bond acceptors (Lipinski definition) is 6. The van der Waals surface area contributed by atoms with E-state index >= 15 is 0 Å². The normalized spacial score (nSPS) is 10.8. The molecule has 4 aromatic rings.